The molecule has 1 N–H and O–H groups in total. The summed E-state index contributed by atoms with van der Waals surface area (Å²) >= 11 is 0. The van der Waals surface area contributed by atoms with Crippen LogP contribution in [0.25, 0.3) is 10.9 Å². The first kappa shape index (κ1) is 22.4. The van der Waals surface area contributed by atoms with Crippen LogP contribution in [0.1, 0.15) is 23.6 Å². The summed E-state index contributed by atoms with van der Waals surface area (Å²) in [6.07, 6.45) is 5.68. The minimum absolute atomic E-state index is 0.0806. The zero-order chi connectivity index (χ0) is 23.5. The first-order valence-corrected chi connectivity index (χ1v) is 11.5. The topological polar surface area (TPSA) is 131 Å². The Morgan fingerprint density at radius 2 is 1.91 bits per heavy atom. The van der Waals surface area contributed by atoms with Crippen molar-refractivity contribution in [1.82, 2.24) is 34.8 Å². The van der Waals surface area contributed by atoms with Crippen molar-refractivity contribution in [2.45, 2.75) is 25.8 Å². The number of nitrogens with one attached hydrogen (secondary N) is 1. The number of hydrogen-bond donors (Lipinski definition) is 1. The van der Waals surface area contributed by atoms with E-state index in [4.69, 9.17) is 9.47 Å². The molecule has 12 heteroatoms. The van der Waals surface area contributed by atoms with Gasteiger partial charge in [-0.2, -0.15) is 10.2 Å². The molecule has 0 radical (unpaired) electrons. The van der Waals surface area contributed by atoms with Gasteiger partial charge in [-0.3, -0.25) is 14.3 Å². The highest BCUT2D eigenvalue weighted by Gasteiger charge is 2.24. The molecule has 0 spiro atoms. The van der Waals surface area contributed by atoms with Gasteiger partial charge >= 0.3 is 0 Å². The Labute approximate surface area is 195 Å². The summed E-state index contributed by atoms with van der Waals surface area (Å²) in [5.41, 5.74) is 2.20. The molecule has 2 saturated heterocycles. The molecule has 12 nitrogen and oxygen atoms in total. The summed E-state index contributed by atoms with van der Waals surface area (Å²) in [7, 11) is 0. The van der Waals surface area contributed by atoms with Gasteiger partial charge in [-0.25, -0.2) is 15.1 Å². The third-order valence-electron chi connectivity index (χ3n) is 6.34. The molecule has 3 aromatic rings. The van der Waals surface area contributed by atoms with Gasteiger partial charge in [-0.05, 0) is 12.5 Å². The van der Waals surface area contributed by atoms with Crippen LogP contribution in [0.15, 0.2) is 23.4 Å². The van der Waals surface area contributed by atoms with E-state index in [2.05, 4.69) is 30.2 Å². The largest absolute Gasteiger partial charge is 0.380 e. The number of hydrogen-bond acceptors (Lipinski definition) is 9. The molecule has 180 valence electrons. The summed E-state index contributed by atoms with van der Waals surface area (Å²) < 4.78 is 12.6. The minimum atomic E-state index is -0.250. The second kappa shape index (κ2) is 9.85. The molecule has 2 fully saturated rings. The second-order valence-electron chi connectivity index (χ2n) is 8.55. The number of rotatable bonds is 8. The van der Waals surface area contributed by atoms with Crippen molar-refractivity contribution in [3.05, 3.63) is 40.2 Å². The number of aryl methyl sites for hydroxylation is 1. The Morgan fingerprint density at radius 1 is 1.15 bits per heavy atom. The van der Waals surface area contributed by atoms with E-state index >= 15 is 0 Å². The van der Waals surface area contributed by atoms with Crippen LogP contribution in [0, 0.1) is 6.92 Å². The van der Waals surface area contributed by atoms with Gasteiger partial charge in [0, 0.05) is 44.5 Å². The average molecular weight is 469 g/mol. The molecule has 5 rings (SSSR count). The van der Waals surface area contributed by atoms with E-state index < -0.39 is 0 Å². The van der Waals surface area contributed by atoms with Crippen molar-refractivity contribution in [2.24, 2.45) is 0 Å². The van der Waals surface area contributed by atoms with E-state index in [1.807, 2.05) is 17.3 Å². The van der Waals surface area contributed by atoms with Crippen LogP contribution in [-0.2, 0) is 20.8 Å². The molecule has 0 saturated carbocycles. The van der Waals surface area contributed by atoms with Crippen LogP contribution >= 0.6 is 0 Å². The monoisotopic (exact) mass is 468 g/mol. The van der Waals surface area contributed by atoms with E-state index in [9.17, 15) is 9.59 Å². The molecule has 0 aliphatic carbocycles. The normalized spacial score (nSPS) is 16.7. The van der Waals surface area contributed by atoms with Gasteiger partial charge in [-0.15, -0.1) is 0 Å². The van der Waals surface area contributed by atoms with Crippen LogP contribution in [0.4, 0.5) is 5.95 Å². The van der Waals surface area contributed by atoms with Gasteiger partial charge in [0.1, 0.15) is 0 Å². The first-order valence-electron chi connectivity index (χ1n) is 11.5. The highest BCUT2D eigenvalue weighted by atomic mass is 16.5. The summed E-state index contributed by atoms with van der Waals surface area (Å²) in [6.45, 7) is 7.18. The van der Waals surface area contributed by atoms with E-state index in [-0.39, 0.29) is 11.5 Å². The SMILES string of the molecule is Cc1nn(CCOCCC(=O)N2CCN(c3ncc(C4COC4)cn3)CC2)c2cn[nH]c(=O)c12. The lowest BCUT2D eigenvalue weighted by atomic mass is 10.0. The molecule has 1 amide bonds. The van der Waals surface area contributed by atoms with Crippen LogP contribution in [0.2, 0.25) is 0 Å². The fourth-order valence-corrected chi connectivity index (χ4v) is 4.25. The molecule has 5 heterocycles. The van der Waals surface area contributed by atoms with E-state index in [1.54, 1.807) is 17.8 Å². The number of nitrogens with zero attached hydrogens (tertiary/aromatic N) is 7. The van der Waals surface area contributed by atoms with Gasteiger partial charge in [0.2, 0.25) is 11.9 Å². The van der Waals surface area contributed by atoms with Crippen LogP contribution in [0.3, 0.4) is 0 Å². The Balaban J connectivity index is 1.03. The second-order valence-corrected chi connectivity index (χ2v) is 8.55. The molecule has 0 aromatic carbocycles. The van der Waals surface area contributed by atoms with Crippen molar-refractivity contribution in [1.29, 1.82) is 0 Å². The fraction of sp³-hybridized carbons (Fsp3) is 0.545. The maximum Gasteiger partial charge on any atom is 0.275 e. The van der Waals surface area contributed by atoms with Crippen LogP contribution in [-0.4, -0.2) is 93.4 Å². The molecule has 2 aliphatic rings. The van der Waals surface area contributed by atoms with Gasteiger partial charge in [0.05, 0.1) is 62.2 Å². The molecule has 0 atom stereocenters. The minimum Gasteiger partial charge on any atom is -0.380 e. The van der Waals surface area contributed by atoms with Crippen LogP contribution < -0.4 is 10.5 Å². The summed E-state index contributed by atoms with van der Waals surface area (Å²) in [6, 6.07) is 0. The predicted molar refractivity (Wildman–Crippen MR) is 123 cm³/mol. The number of aromatic amines is 1. The number of aromatic nitrogens is 6. The average Bonchev–Trinajstić information content (AvgIpc) is 3.15. The third-order valence-corrected chi connectivity index (χ3v) is 6.34. The van der Waals surface area contributed by atoms with E-state index in [0.717, 1.165) is 18.8 Å². The van der Waals surface area contributed by atoms with Gasteiger partial charge in [0.15, 0.2) is 0 Å². The molecule has 2 aliphatic heterocycles. The molecule has 34 heavy (non-hydrogen) atoms. The smallest absolute Gasteiger partial charge is 0.275 e. The summed E-state index contributed by atoms with van der Waals surface area (Å²) in [5, 5.41) is 11.2. The number of carbonyl (C=O) groups is 1. The van der Waals surface area contributed by atoms with Crippen molar-refractivity contribution in [3.63, 3.8) is 0 Å². The van der Waals surface area contributed by atoms with Crippen molar-refractivity contribution >= 4 is 22.8 Å². The highest BCUT2D eigenvalue weighted by molar-refractivity contribution is 5.79. The molecule has 0 bridgehead atoms. The zero-order valence-electron chi connectivity index (χ0n) is 19.1. The Hall–Kier alpha value is -3.38. The summed E-state index contributed by atoms with van der Waals surface area (Å²) in [4.78, 5) is 37.5. The number of amides is 1. The Morgan fingerprint density at radius 3 is 2.62 bits per heavy atom. The van der Waals surface area contributed by atoms with Gasteiger partial charge < -0.3 is 19.3 Å². The Kier molecular flexibility index (Phi) is 6.50. The summed E-state index contributed by atoms with van der Waals surface area (Å²) in [5.74, 6) is 1.20. The molecule has 3 aromatic heterocycles. The number of anilines is 1. The highest BCUT2D eigenvalue weighted by Crippen LogP contribution is 2.23. The maximum atomic E-state index is 12.6. The molecular weight excluding hydrogens is 440 g/mol. The van der Waals surface area contributed by atoms with Crippen molar-refractivity contribution < 1.29 is 14.3 Å². The van der Waals surface area contributed by atoms with E-state index in [1.165, 1.54) is 0 Å². The number of ether oxygens (including phenoxy) is 2. The standard InChI is InChI=1S/C22H28N8O4/c1-15-20-18(12-25-26-21(20)32)30(27-15)7-9-33-8-2-19(31)28-3-5-29(6-4-28)22-23-10-16(11-24-22)17-13-34-14-17/h10-12,17H,2-9,13-14H2,1H3,(H,26,32). The number of H-pyrrole nitrogens is 1. The Bertz CT molecular complexity index is 1200. The lowest BCUT2D eigenvalue weighted by molar-refractivity contribution is -0.132. The van der Waals surface area contributed by atoms with Crippen molar-refractivity contribution in [3.8, 4) is 0 Å². The molecule has 0 unspecified atom stereocenters. The lowest BCUT2D eigenvalue weighted by Crippen LogP contribution is -2.49. The fourth-order valence-electron chi connectivity index (χ4n) is 4.25. The third kappa shape index (κ3) is 4.64. The number of fused-ring (bicyclic) bond motifs is 1. The van der Waals surface area contributed by atoms with E-state index in [0.29, 0.717) is 80.8 Å². The number of carbonyl (C=O) groups excluding carboxylic acids is 1. The van der Waals surface area contributed by atoms with Gasteiger partial charge in [-0.1, -0.05) is 0 Å². The predicted octanol–water partition coefficient (Wildman–Crippen LogP) is 0.0873. The quantitative estimate of drug-likeness (QED) is 0.457. The number of piperazine rings is 1. The lowest BCUT2D eigenvalue weighted by Gasteiger charge is -2.35. The van der Waals surface area contributed by atoms with Crippen LogP contribution in [0.5, 0.6) is 0 Å². The van der Waals surface area contributed by atoms with Gasteiger partial charge in [0.25, 0.3) is 5.56 Å². The molecular formula is C22H28N8O4. The zero-order valence-corrected chi connectivity index (χ0v) is 19.1. The first-order chi connectivity index (χ1) is 16.6. The van der Waals surface area contributed by atoms with Crippen molar-refractivity contribution in [2.75, 3.05) is 57.5 Å². The maximum absolute atomic E-state index is 12.6.